The Bertz CT molecular complexity index is 1460. The summed E-state index contributed by atoms with van der Waals surface area (Å²) >= 11 is 8.49. The molecule has 0 bridgehead atoms. The van der Waals surface area contributed by atoms with Crippen LogP contribution >= 0.6 is 34.7 Å². The lowest BCUT2D eigenvalue weighted by atomic mass is 10.0. The minimum Gasteiger partial charge on any atom is -0.486 e. The predicted octanol–water partition coefficient (Wildman–Crippen LogP) is 6.22. The van der Waals surface area contributed by atoms with Crippen LogP contribution in [0.15, 0.2) is 53.0 Å². The van der Waals surface area contributed by atoms with Gasteiger partial charge in [0.1, 0.15) is 28.7 Å². The molecule has 38 heavy (non-hydrogen) atoms. The molecule has 0 atom stereocenters. The molecule has 0 saturated carbocycles. The van der Waals surface area contributed by atoms with Gasteiger partial charge < -0.3 is 19.4 Å². The van der Waals surface area contributed by atoms with E-state index >= 15 is 0 Å². The molecular weight excluding hydrogens is 551 g/mol. The quantitative estimate of drug-likeness (QED) is 0.177. The van der Waals surface area contributed by atoms with Crippen molar-refractivity contribution < 1.29 is 23.5 Å². The first-order valence-corrected chi connectivity index (χ1v) is 13.7. The first-order valence-electron chi connectivity index (χ1n) is 11.5. The van der Waals surface area contributed by atoms with Crippen molar-refractivity contribution in [1.29, 1.82) is 0 Å². The number of halogens is 2. The van der Waals surface area contributed by atoms with Crippen LogP contribution < -0.4 is 10.1 Å². The molecule has 0 aliphatic rings. The van der Waals surface area contributed by atoms with Gasteiger partial charge in [-0.15, -0.1) is 21.5 Å². The molecule has 1 N–H and O–H groups in total. The van der Waals surface area contributed by atoms with Crippen LogP contribution in [0.3, 0.4) is 0 Å². The van der Waals surface area contributed by atoms with Crippen LogP contribution in [0, 0.1) is 12.7 Å². The number of rotatable bonds is 10. The Morgan fingerprint density at radius 1 is 1.18 bits per heavy atom. The molecule has 0 saturated heterocycles. The summed E-state index contributed by atoms with van der Waals surface area (Å²) in [6.45, 7) is 4.65. The number of carbonyl (C=O) groups excluding carboxylic acids is 2. The number of aryl methyl sites for hydroxylation is 1. The van der Waals surface area contributed by atoms with Crippen molar-refractivity contribution in [1.82, 2.24) is 14.8 Å². The van der Waals surface area contributed by atoms with E-state index in [4.69, 9.17) is 21.1 Å². The molecule has 12 heteroatoms. The minimum atomic E-state index is -0.597. The number of hydrogen-bond acceptors (Lipinski definition) is 8. The number of carbonyl (C=O) groups is 2. The Kier molecular flexibility index (Phi) is 9.03. The maximum Gasteiger partial charge on any atom is 0.341 e. The van der Waals surface area contributed by atoms with Crippen LogP contribution in [0.25, 0.3) is 11.1 Å². The smallest absolute Gasteiger partial charge is 0.341 e. The molecule has 0 fully saturated rings. The van der Waals surface area contributed by atoms with Gasteiger partial charge in [0.15, 0.2) is 11.0 Å². The van der Waals surface area contributed by atoms with E-state index in [-0.39, 0.29) is 29.6 Å². The van der Waals surface area contributed by atoms with Crippen molar-refractivity contribution in [2.24, 2.45) is 0 Å². The lowest BCUT2D eigenvalue weighted by molar-refractivity contribution is -0.113. The van der Waals surface area contributed by atoms with E-state index in [1.807, 2.05) is 24.5 Å². The Morgan fingerprint density at radius 3 is 2.63 bits per heavy atom. The molecule has 0 radical (unpaired) electrons. The van der Waals surface area contributed by atoms with E-state index in [0.717, 1.165) is 5.56 Å². The van der Waals surface area contributed by atoms with Gasteiger partial charge in [0.05, 0.1) is 12.9 Å². The standard InChI is InChI=1S/C26H24ClFN4O4S2/c1-4-32-21(12-36-18-9-10-20(27)15(2)11-18)30-31-26(32)38-14-22(33)29-24-23(25(34)35-3)19(13-37-24)16-5-7-17(28)8-6-16/h5-11,13H,4,12,14H2,1-3H3,(H,29,33). The maximum atomic E-state index is 13.4. The maximum absolute atomic E-state index is 13.4. The number of nitrogens with one attached hydrogen (secondary N) is 1. The molecule has 2 aromatic carbocycles. The van der Waals surface area contributed by atoms with E-state index in [2.05, 4.69) is 15.5 Å². The van der Waals surface area contributed by atoms with Crippen LogP contribution in [-0.2, 0) is 22.7 Å². The van der Waals surface area contributed by atoms with E-state index < -0.39 is 5.97 Å². The summed E-state index contributed by atoms with van der Waals surface area (Å²) in [5, 5.41) is 14.5. The number of nitrogens with zero attached hydrogens (tertiary/aromatic N) is 3. The number of methoxy groups -OCH3 is 1. The second kappa shape index (κ2) is 12.4. The molecule has 8 nitrogen and oxygen atoms in total. The van der Waals surface area contributed by atoms with Crippen molar-refractivity contribution in [3.63, 3.8) is 0 Å². The monoisotopic (exact) mass is 574 g/mol. The SMILES string of the molecule is CCn1c(COc2ccc(Cl)c(C)c2)nnc1SCC(=O)Nc1scc(-c2ccc(F)cc2)c1C(=O)OC. The highest BCUT2D eigenvalue weighted by molar-refractivity contribution is 7.99. The number of amides is 1. The van der Waals surface area contributed by atoms with Gasteiger partial charge in [0.2, 0.25) is 5.91 Å². The zero-order valence-corrected chi connectivity index (χ0v) is 23.2. The highest BCUT2D eigenvalue weighted by atomic mass is 35.5. The van der Waals surface area contributed by atoms with E-state index in [9.17, 15) is 14.0 Å². The fourth-order valence-corrected chi connectivity index (χ4v) is 5.51. The third kappa shape index (κ3) is 6.35. The zero-order chi connectivity index (χ0) is 27.2. The van der Waals surface area contributed by atoms with Gasteiger partial charge in [0.25, 0.3) is 0 Å². The highest BCUT2D eigenvalue weighted by Crippen LogP contribution is 2.36. The number of thiophene rings is 1. The van der Waals surface area contributed by atoms with Gasteiger partial charge in [-0.05, 0) is 55.3 Å². The third-order valence-electron chi connectivity index (χ3n) is 5.53. The molecule has 0 aliphatic heterocycles. The summed E-state index contributed by atoms with van der Waals surface area (Å²) in [7, 11) is 1.27. The molecule has 0 aliphatic carbocycles. The van der Waals surface area contributed by atoms with Gasteiger partial charge in [-0.1, -0.05) is 35.5 Å². The zero-order valence-electron chi connectivity index (χ0n) is 20.8. The van der Waals surface area contributed by atoms with Crippen molar-refractivity contribution >= 4 is 51.6 Å². The van der Waals surface area contributed by atoms with Crippen LogP contribution in [0.5, 0.6) is 5.75 Å². The minimum absolute atomic E-state index is 0.0414. The molecule has 4 aromatic rings. The lowest BCUT2D eigenvalue weighted by Gasteiger charge is -2.10. The summed E-state index contributed by atoms with van der Waals surface area (Å²) in [6, 6.07) is 11.2. The molecule has 0 spiro atoms. The summed E-state index contributed by atoms with van der Waals surface area (Å²) in [4.78, 5) is 25.3. The molecule has 198 valence electrons. The van der Waals surface area contributed by atoms with Crippen molar-refractivity contribution in [3.05, 3.63) is 75.6 Å². The topological polar surface area (TPSA) is 95.3 Å². The fraction of sp³-hybridized carbons (Fsp3) is 0.231. The van der Waals surface area contributed by atoms with Crippen LogP contribution in [0.2, 0.25) is 5.02 Å². The van der Waals surface area contributed by atoms with Gasteiger partial charge >= 0.3 is 5.97 Å². The molecule has 2 aromatic heterocycles. The largest absolute Gasteiger partial charge is 0.486 e. The Hall–Kier alpha value is -3.41. The van der Waals surface area contributed by atoms with E-state index in [1.54, 1.807) is 29.6 Å². The summed E-state index contributed by atoms with van der Waals surface area (Å²) in [5.41, 5.74) is 2.32. The Morgan fingerprint density at radius 2 is 1.95 bits per heavy atom. The summed E-state index contributed by atoms with van der Waals surface area (Å²) in [5.74, 6) is 0.0258. The number of hydrogen-bond donors (Lipinski definition) is 1. The average Bonchev–Trinajstić information content (AvgIpc) is 3.51. The van der Waals surface area contributed by atoms with Crippen LogP contribution in [0.4, 0.5) is 9.39 Å². The van der Waals surface area contributed by atoms with Crippen LogP contribution in [0.1, 0.15) is 28.7 Å². The summed E-state index contributed by atoms with van der Waals surface area (Å²) in [6.07, 6.45) is 0. The number of anilines is 1. The first-order chi connectivity index (χ1) is 18.3. The predicted molar refractivity (Wildman–Crippen MR) is 147 cm³/mol. The second-order valence-electron chi connectivity index (χ2n) is 8.03. The van der Waals surface area contributed by atoms with E-state index in [1.165, 1.54) is 42.3 Å². The number of thioether (sulfide) groups is 1. The molecule has 0 unspecified atom stereocenters. The van der Waals surface area contributed by atoms with Crippen molar-refractivity contribution in [2.75, 3.05) is 18.2 Å². The molecule has 2 heterocycles. The van der Waals surface area contributed by atoms with Crippen molar-refractivity contribution in [2.45, 2.75) is 32.2 Å². The fourth-order valence-electron chi connectivity index (χ4n) is 3.59. The van der Waals surface area contributed by atoms with E-state index in [0.29, 0.717) is 44.4 Å². The van der Waals surface area contributed by atoms with Gasteiger partial charge in [-0.25, -0.2) is 9.18 Å². The molecular formula is C26H24ClFN4O4S2. The number of esters is 1. The lowest BCUT2D eigenvalue weighted by Crippen LogP contribution is -2.16. The van der Waals surface area contributed by atoms with Gasteiger partial charge in [0, 0.05) is 22.5 Å². The second-order valence-corrected chi connectivity index (χ2v) is 10.3. The molecule has 1 amide bonds. The summed E-state index contributed by atoms with van der Waals surface area (Å²) < 4.78 is 26.0. The van der Waals surface area contributed by atoms with Gasteiger partial charge in [-0.3, -0.25) is 4.79 Å². The first kappa shape index (κ1) is 27.6. The average molecular weight is 575 g/mol. The van der Waals surface area contributed by atoms with Gasteiger partial charge in [-0.2, -0.15) is 0 Å². The number of benzene rings is 2. The van der Waals surface area contributed by atoms with Crippen molar-refractivity contribution in [3.8, 4) is 16.9 Å². The normalized spacial score (nSPS) is 10.9. The Balaban J connectivity index is 1.42. The number of ether oxygens (including phenoxy) is 2. The third-order valence-corrected chi connectivity index (χ3v) is 7.81. The van der Waals surface area contributed by atoms with Crippen LogP contribution in [-0.4, -0.2) is 39.5 Å². The highest BCUT2D eigenvalue weighted by Gasteiger charge is 2.23. The number of aromatic nitrogens is 3. The molecule has 4 rings (SSSR count). The Labute approximate surface area is 232 Å².